The minimum Gasteiger partial charge on any atom is -0.497 e. The van der Waals surface area contributed by atoms with E-state index < -0.39 is 0 Å². The summed E-state index contributed by atoms with van der Waals surface area (Å²) in [6.07, 6.45) is 1.73. The van der Waals surface area contributed by atoms with Gasteiger partial charge in [0.05, 0.1) is 13.7 Å². The molecular weight excluding hydrogens is 373 g/mol. The molecular formula is C22H28FN3O3. The highest BCUT2D eigenvalue weighted by molar-refractivity contribution is 5.73. The molecule has 1 unspecified atom stereocenters. The van der Waals surface area contributed by atoms with E-state index in [1.54, 1.807) is 19.2 Å². The smallest absolute Gasteiger partial charge is 0.314 e. The van der Waals surface area contributed by atoms with Crippen LogP contribution in [0.2, 0.25) is 0 Å². The van der Waals surface area contributed by atoms with Crippen molar-refractivity contribution in [2.24, 2.45) is 5.92 Å². The lowest BCUT2D eigenvalue weighted by molar-refractivity contribution is 0.237. The van der Waals surface area contributed by atoms with E-state index in [0.717, 1.165) is 43.1 Å². The summed E-state index contributed by atoms with van der Waals surface area (Å²) in [5, 5.41) is 5.79. The Morgan fingerprint density at radius 3 is 2.55 bits per heavy atom. The molecule has 0 aromatic heterocycles. The van der Waals surface area contributed by atoms with E-state index >= 15 is 0 Å². The highest BCUT2D eigenvalue weighted by Crippen LogP contribution is 2.23. The van der Waals surface area contributed by atoms with Gasteiger partial charge in [-0.3, -0.25) is 0 Å². The van der Waals surface area contributed by atoms with Crippen LogP contribution in [0.1, 0.15) is 12.8 Å². The molecule has 2 aromatic rings. The molecule has 0 saturated carbocycles. The van der Waals surface area contributed by atoms with Gasteiger partial charge < -0.3 is 25.0 Å². The standard InChI is InChI=1S/C22H28FN3O3/c1-28-20-7-9-21(10-8-20)29-14-2-12-24-22(27)25-15-17-11-13-26(16-17)19-5-3-18(23)4-6-19/h3-10,17H,2,11-16H2,1H3,(H2,24,25,27). The number of methoxy groups -OCH3 is 1. The molecule has 0 aliphatic carbocycles. The van der Waals surface area contributed by atoms with Crippen LogP contribution in [0, 0.1) is 11.7 Å². The summed E-state index contributed by atoms with van der Waals surface area (Å²) in [5.74, 6) is 1.74. The van der Waals surface area contributed by atoms with Crippen LogP contribution in [0.3, 0.4) is 0 Å². The summed E-state index contributed by atoms with van der Waals surface area (Å²) in [6, 6.07) is 13.8. The lowest BCUT2D eigenvalue weighted by Crippen LogP contribution is -2.39. The highest BCUT2D eigenvalue weighted by atomic mass is 19.1. The number of benzene rings is 2. The Balaban J connectivity index is 1.26. The topological polar surface area (TPSA) is 62.8 Å². The molecule has 2 amide bonds. The summed E-state index contributed by atoms with van der Waals surface area (Å²) in [6.45, 7) is 3.49. The highest BCUT2D eigenvalue weighted by Gasteiger charge is 2.23. The van der Waals surface area contributed by atoms with Crippen molar-refractivity contribution in [3.63, 3.8) is 0 Å². The van der Waals surface area contributed by atoms with Crippen molar-refractivity contribution in [3.8, 4) is 11.5 Å². The average Bonchev–Trinajstić information content (AvgIpc) is 3.22. The van der Waals surface area contributed by atoms with Gasteiger partial charge in [0.15, 0.2) is 0 Å². The first-order valence-electron chi connectivity index (χ1n) is 9.93. The molecule has 1 aliphatic rings. The van der Waals surface area contributed by atoms with Crippen molar-refractivity contribution in [3.05, 3.63) is 54.3 Å². The molecule has 7 heteroatoms. The number of halogens is 1. The maximum atomic E-state index is 13.0. The van der Waals surface area contributed by atoms with Gasteiger partial charge in [0, 0.05) is 31.9 Å². The number of carbonyl (C=O) groups is 1. The van der Waals surface area contributed by atoms with Crippen molar-refractivity contribution < 1.29 is 18.7 Å². The number of carbonyl (C=O) groups excluding carboxylic acids is 1. The van der Waals surface area contributed by atoms with Gasteiger partial charge in [-0.25, -0.2) is 9.18 Å². The van der Waals surface area contributed by atoms with E-state index in [9.17, 15) is 9.18 Å². The third-order valence-electron chi connectivity index (χ3n) is 4.96. The van der Waals surface area contributed by atoms with E-state index in [-0.39, 0.29) is 11.8 Å². The van der Waals surface area contributed by atoms with Crippen LogP contribution in [0.4, 0.5) is 14.9 Å². The van der Waals surface area contributed by atoms with E-state index in [1.807, 2.05) is 24.3 Å². The van der Waals surface area contributed by atoms with E-state index in [0.29, 0.717) is 25.6 Å². The first-order valence-corrected chi connectivity index (χ1v) is 9.93. The number of amides is 2. The number of nitrogens with zero attached hydrogens (tertiary/aromatic N) is 1. The summed E-state index contributed by atoms with van der Waals surface area (Å²) in [7, 11) is 1.63. The number of ether oxygens (including phenoxy) is 2. The minimum atomic E-state index is -0.225. The van der Waals surface area contributed by atoms with Gasteiger partial charge in [-0.2, -0.15) is 0 Å². The second-order valence-corrected chi connectivity index (χ2v) is 7.09. The molecule has 29 heavy (non-hydrogen) atoms. The van der Waals surface area contributed by atoms with Gasteiger partial charge in [0.2, 0.25) is 0 Å². The molecule has 0 bridgehead atoms. The zero-order valence-electron chi connectivity index (χ0n) is 16.7. The van der Waals surface area contributed by atoms with E-state index in [4.69, 9.17) is 9.47 Å². The maximum absolute atomic E-state index is 13.0. The lowest BCUT2D eigenvalue weighted by atomic mass is 10.1. The largest absolute Gasteiger partial charge is 0.497 e. The second kappa shape index (κ2) is 10.5. The fourth-order valence-corrected chi connectivity index (χ4v) is 3.32. The molecule has 1 atom stereocenters. The molecule has 0 radical (unpaired) electrons. The first kappa shape index (κ1) is 20.8. The molecule has 3 rings (SSSR count). The van der Waals surface area contributed by atoms with Gasteiger partial charge in [-0.1, -0.05) is 0 Å². The third-order valence-corrected chi connectivity index (χ3v) is 4.96. The molecule has 2 N–H and O–H groups in total. The molecule has 1 aliphatic heterocycles. The van der Waals surface area contributed by atoms with Gasteiger partial charge in [-0.05, 0) is 67.3 Å². The molecule has 1 heterocycles. The van der Waals surface area contributed by atoms with E-state index in [2.05, 4.69) is 15.5 Å². The summed E-state index contributed by atoms with van der Waals surface area (Å²) >= 11 is 0. The first-order chi connectivity index (χ1) is 14.1. The molecule has 1 saturated heterocycles. The Bertz CT molecular complexity index is 768. The second-order valence-electron chi connectivity index (χ2n) is 7.09. The molecule has 6 nitrogen and oxygen atoms in total. The van der Waals surface area contributed by atoms with E-state index in [1.165, 1.54) is 12.1 Å². The van der Waals surface area contributed by atoms with Gasteiger partial charge in [0.1, 0.15) is 17.3 Å². The Hall–Kier alpha value is -2.96. The average molecular weight is 401 g/mol. The number of nitrogens with one attached hydrogen (secondary N) is 2. The molecule has 1 fully saturated rings. The predicted molar refractivity (Wildman–Crippen MR) is 111 cm³/mol. The van der Waals surface area contributed by atoms with Crippen LogP contribution in [-0.4, -0.2) is 45.9 Å². The SMILES string of the molecule is COc1ccc(OCCCNC(=O)NCC2CCN(c3ccc(F)cc3)C2)cc1. The van der Waals surface area contributed by atoms with Gasteiger partial charge in [0.25, 0.3) is 0 Å². The van der Waals surface area contributed by atoms with Crippen LogP contribution in [0.5, 0.6) is 11.5 Å². The normalized spacial score (nSPS) is 15.8. The molecule has 156 valence electrons. The van der Waals surface area contributed by atoms with Crippen molar-refractivity contribution in [2.75, 3.05) is 44.8 Å². The summed E-state index contributed by atoms with van der Waals surface area (Å²) in [4.78, 5) is 14.2. The fourth-order valence-electron chi connectivity index (χ4n) is 3.32. The number of hydrogen-bond donors (Lipinski definition) is 2. The Morgan fingerprint density at radius 1 is 1.10 bits per heavy atom. The van der Waals surface area contributed by atoms with Gasteiger partial charge >= 0.3 is 6.03 Å². The van der Waals surface area contributed by atoms with Crippen molar-refractivity contribution >= 4 is 11.7 Å². The monoisotopic (exact) mass is 401 g/mol. The minimum absolute atomic E-state index is 0.158. The Labute approximate surface area is 171 Å². The number of urea groups is 1. The fraction of sp³-hybridized carbons (Fsp3) is 0.409. The molecule has 0 spiro atoms. The number of anilines is 1. The van der Waals surface area contributed by atoms with Crippen LogP contribution < -0.4 is 25.0 Å². The van der Waals surface area contributed by atoms with Crippen LogP contribution >= 0.6 is 0 Å². The van der Waals surface area contributed by atoms with Crippen molar-refractivity contribution in [1.82, 2.24) is 10.6 Å². The van der Waals surface area contributed by atoms with Crippen molar-refractivity contribution in [2.45, 2.75) is 12.8 Å². The Morgan fingerprint density at radius 2 is 1.83 bits per heavy atom. The Kier molecular flexibility index (Phi) is 7.55. The van der Waals surface area contributed by atoms with Crippen molar-refractivity contribution in [1.29, 1.82) is 0 Å². The summed E-state index contributed by atoms with van der Waals surface area (Å²) < 4.78 is 23.8. The predicted octanol–water partition coefficient (Wildman–Crippen LogP) is 3.43. The maximum Gasteiger partial charge on any atom is 0.314 e. The van der Waals surface area contributed by atoms with Crippen LogP contribution in [-0.2, 0) is 0 Å². The quantitative estimate of drug-likeness (QED) is 0.632. The molecule has 2 aromatic carbocycles. The number of hydrogen-bond acceptors (Lipinski definition) is 4. The van der Waals surface area contributed by atoms with Crippen LogP contribution in [0.25, 0.3) is 0 Å². The lowest BCUT2D eigenvalue weighted by Gasteiger charge is -2.19. The zero-order valence-corrected chi connectivity index (χ0v) is 16.7. The third kappa shape index (κ3) is 6.55. The zero-order chi connectivity index (χ0) is 20.5. The van der Waals surface area contributed by atoms with Gasteiger partial charge in [-0.15, -0.1) is 0 Å². The number of rotatable bonds is 9. The summed E-state index contributed by atoms with van der Waals surface area (Å²) in [5.41, 5.74) is 1.02. The van der Waals surface area contributed by atoms with Crippen LogP contribution in [0.15, 0.2) is 48.5 Å².